The van der Waals surface area contributed by atoms with Crippen LogP contribution in [0.1, 0.15) is 36.7 Å². The van der Waals surface area contributed by atoms with E-state index in [-0.39, 0.29) is 11.3 Å². The summed E-state index contributed by atoms with van der Waals surface area (Å²) < 4.78 is 6.58. The van der Waals surface area contributed by atoms with Crippen molar-refractivity contribution in [2.24, 2.45) is 0 Å². The van der Waals surface area contributed by atoms with Gasteiger partial charge in [-0.25, -0.2) is 4.98 Å². The minimum Gasteiger partial charge on any atom is -0.370 e. The average molecular weight is 425 g/mol. The van der Waals surface area contributed by atoms with Gasteiger partial charge in [0, 0.05) is 5.56 Å². The molecule has 0 spiro atoms. The molecule has 0 aliphatic carbocycles. The Morgan fingerprint density at radius 3 is 2.47 bits per heavy atom. The van der Waals surface area contributed by atoms with Crippen LogP contribution in [0.4, 0.5) is 5.13 Å². The Morgan fingerprint density at radius 1 is 1.10 bits per heavy atom. The fourth-order valence-electron chi connectivity index (χ4n) is 3.71. The lowest BCUT2D eigenvalue weighted by molar-refractivity contribution is -0.906. The number of nitrogens with one attached hydrogen (secondary N) is 1. The van der Waals surface area contributed by atoms with Gasteiger partial charge >= 0.3 is 0 Å². The third-order valence-corrected chi connectivity index (χ3v) is 6.70. The van der Waals surface area contributed by atoms with Crippen molar-refractivity contribution in [3.63, 3.8) is 0 Å². The van der Waals surface area contributed by atoms with E-state index in [1.807, 2.05) is 35.2 Å². The van der Waals surface area contributed by atoms with Crippen molar-refractivity contribution in [3.8, 4) is 0 Å². The number of hydrogen-bond donors (Lipinski definition) is 1. The summed E-state index contributed by atoms with van der Waals surface area (Å²) in [5.41, 5.74) is 2.94. The predicted octanol–water partition coefficient (Wildman–Crippen LogP) is 3.16. The van der Waals surface area contributed by atoms with E-state index in [9.17, 15) is 4.79 Å². The van der Waals surface area contributed by atoms with Crippen LogP contribution in [0.2, 0.25) is 0 Å². The van der Waals surface area contributed by atoms with Crippen LogP contribution in [0.15, 0.2) is 48.5 Å². The van der Waals surface area contributed by atoms with E-state index in [4.69, 9.17) is 9.72 Å². The number of benzene rings is 2. The van der Waals surface area contributed by atoms with Crippen molar-refractivity contribution < 1.29 is 14.4 Å². The molecule has 158 valence electrons. The molecule has 1 amide bonds. The summed E-state index contributed by atoms with van der Waals surface area (Å²) in [4.78, 5) is 21.6. The molecule has 30 heavy (non-hydrogen) atoms. The van der Waals surface area contributed by atoms with E-state index in [1.54, 1.807) is 11.3 Å². The Labute approximate surface area is 182 Å². The van der Waals surface area contributed by atoms with Gasteiger partial charge in [0.15, 0.2) is 5.13 Å². The van der Waals surface area contributed by atoms with Crippen molar-refractivity contribution in [3.05, 3.63) is 59.7 Å². The fourth-order valence-corrected chi connectivity index (χ4v) is 4.70. The van der Waals surface area contributed by atoms with Crippen molar-refractivity contribution >= 4 is 32.6 Å². The molecule has 0 radical (unpaired) electrons. The Bertz CT molecular complexity index is 968. The number of rotatable bonds is 5. The molecule has 1 N–H and O–H groups in total. The van der Waals surface area contributed by atoms with Gasteiger partial charge in [-0.15, -0.1) is 0 Å². The molecule has 0 saturated carbocycles. The number of anilines is 1. The van der Waals surface area contributed by atoms with Crippen LogP contribution in [0, 0.1) is 0 Å². The number of quaternary nitrogens is 1. The molecule has 1 aliphatic heterocycles. The lowest BCUT2D eigenvalue weighted by atomic mass is 9.86. The number of ether oxygens (including phenoxy) is 1. The molecule has 2 aromatic carbocycles. The largest absolute Gasteiger partial charge is 0.370 e. The van der Waals surface area contributed by atoms with E-state index in [0.717, 1.165) is 48.2 Å². The van der Waals surface area contributed by atoms with Crippen molar-refractivity contribution in [1.29, 1.82) is 0 Å². The van der Waals surface area contributed by atoms with Gasteiger partial charge in [-0.05, 0) is 35.2 Å². The van der Waals surface area contributed by atoms with Crippen LogP contribution in [-0.4, -0.2) is 50.3 Å². The van der Waals surface area contributed by atoms with Crippen LogP contribution in [-0.2, 0) is 10.2 Å². The molecular weight excluding hydrogens is 394 g/mol. The number of carbonyl (C=O) groups excluding carboxylic acids is 1. The zero-order chi connectivity index (χ0) is 21.1. The highest BCUT2D eigenvalue weighted by Crippen LogP contribution is 2.30. The van der Waals surface area contributed by atoms with Gasteiger partial charge in [0.2, 0.25) is 0 Å². The molecule has 4 rings (SSSR count). The molecule has 0 atom stereocenters. The molecule has 1 fully saturated rings. The zero-order valence-electron chi connectivity index (χ0n) is 18.0. The number of para-hydroxylation sites is 1. The van der Waals surface area contributed by atoms with Crippen LogP contribution in [0.5, 0.6) is 0 Å². The smallest absolute Gasteiger partial charge is 0.260 e. The van der Waals surface area contributed by atoms with Gasteiger partial charge in [0.05, 0.1) is 36.5 Å². The second-order valence-corrected chi connectivity index (χ2v) is 9.87. The summed E-state index contributed by atoms with van der Waals surface area (Å²) in [6.07, 6.45) is 0. The molecule has 0 bridgehead atoms. The number of aromatic nitrogens is 1. The van der Waals surface area contributed by atoms with Gasteiger partial charge in [0.1, 0.15) is 13.1 Å². The number of carbonyl (C=O) groups is 1. The molecule has 3 aromatic rings. The third kappa shape index (κ3) is 4.72. The van der Waals surface area contributed by atoms with E-state index in [1.165, 1.54) is 10.5 Å². The lowest BCUT2D eigenvalue weighted by Crippen LogP contribution is -3.14. The first-order chi connectivity index (χ1) is 14.4. The molecule has 6 heteroatoms. The molecule has 5 nitrogen and oxygen atoms in total. The zero-order valence-corrected chi connectivity index (χ0v) is 18.8. The highest BCUT2D eigenvalue weighted by atomic mass is 32.1. The van der Waals surface area contributed by atoms with E-state index >= 15 is 0 Å². The first-order valence-corrected chi connectivity index (χ1v) is 11.4. The Morgan fingerprint density at radius 2 is 1.80 bits per heavy atom. The van der Waals surface area contributed by atoms with Gasteiger partial charge < -0.3 is 9.64 Å². The topological polar surface area (TPSA) is 46.9 Å². The maximum Gasteiger partial charge on any atom is 0.260 e. The standard InChI is InChI=1S/C24H29N3O2S/c1-24(2,3)19-10-8-18(9-11-19)22(28)27(13-12-26-14-16-29-17-15-26)23-25-20-6-4-5-7-21(20)30-23/h4-11H,12-17H2,1-3H3/p+1. The number of fused-ring (bicyclic) bond motifs is 1. The molecular formula is C24H30N3O2S+. The second-order valence-electron chi connectivity index (χ2n) is 8.86. The number of morpholine rings is 1. The van der Waals surface area contributed by atoms with E-state index in [0.29, 0.717) is 12.1 Å². The quantitative estimate of drug-likeness (QED) is 0.684. The van der Waals surface area contributed by atoms with Crippen molar-refractivity contribution in [2.45, 2.75) is 26.2 Å². The van der Waals surface area contributed by atoms with Crippen molar-refractivity contribution in [1.82, 2.24) is 4.98 Å². The van der Waals surface area contributed by atoms with Gasteiger partial charge in [-0.1, -0.05) is 56.4 Å². The molecule has 2 heterocycles. The van der Waals surface area contributed by atoms with Crippen LogP contribution >= 0.6 is 11.3 Å². The van der Waals surface area contributed by atoms with Gasteiger partial charge in [-0.3, -0.25) is 9.69 Å². The summed E-state index contributed by atoms with van der Waals surface area (Å²) >= 11 is 1.58. The van der Waals surface area contributed by atoms with Gasteiger partial charge in [0.25, 0.3) is 5.91 Å². The number of thiazole rings is 1. The van der Waals surface area contributed by atoms with E-state index in [2.05, 4.69) is 39.0 Å². The number of nitrogens with zero attached hydrogens (tertiary/aromatic N) is 2. The first-order valence-electron chi connectivity index (χ1n) is 10.6. The Balaban J connectivity index is 1.60. The molecule has 1 aliphatic rings. The maximum absolute atomic E-state index is 13.5. The number of hydrogen-bond acceptors (Lipinski definition) is 4. The Hall–Kier alpha value is -2.28. The predicted molar refractivity (Wildman–Crippen MR) is 123 cm³/mol. The minimum absolute atomic E-state index is 0.0159. The van der Waals surface area contributed by atoms with Gasteiger partial charge in [-0.2, -0.15) is 0 Å². The maximum atomic E-state index is 13.5. The summed E-state index contributed by atoms with van der Waals surface area (Å²) in [5.74, 6) is 0.0159. The molecule has 0 unspecified atom stereocenters. The Kier molecular flexibility index (Phi) is 6.18. The summed E-state index contributed by atoms with van der Waals surface area (Å²) in [7, 11) is 0. The van der Waals surface area contributed by atoms with E-state index < -0.39 is 0 Å². The monoisotopic (exact) mass is 424 g/mol. The molecule has 1 aromatic heterocycles. The molecule has 1 saturated heterocycles. The second kappa shape index (κ2) is 8.84. The normalized spacial score (nSPS) is 15.4. The highest BCUT2D eigenvalue weighted by molar-refractivity contribution is 7.22. The van der Waals surface area contributed by atoms with Crippen LogP contribution in [0.3, 0.4) is 0 Å². The van der Waals surface area contributed by atoms with Crippen LogP contribution < -0.4 is 9.80 Å². The first kappa shape index (κ1) is 21.0. The van der Waals surface area contributed by atoms with Crippen molar-refractivity contribution in [2.75, 3.05) is 44.3 Å². The highest BCUT2D eigenvalue weighted by Gasteiger charge is 2.24. The summed E-state index contributed by atoms with van der Waals surface area (Å²) in [6.45, 7) is 11.6. The summed E-state index contributed by atoms with van der Waals surface area (Å²) in [6, 6.07) is 16.1. The summed E-state index contributed by atoms with van der Waals surface area (Å²) in [5, 5.41) is 0.772. The SMILES string of the molecule is CC(C)(C)c1ccc(C(=O)N(CC[NH+]2CCOCC2)c2nc3ccccc3s2)cc1. The van der Waals surface area contributed by atoms with Crippen LogP contribution in [0.25, 0.3) is 10.2 Å². The number of amides is 1. The fraction of sp³-hybridized carbons (Fsp3) is 0.417. The average Bonchev–Trinajstić information content (AvgIpc) is 3.18. The lowest BCUT2D eigenvalue weighted by Gasteiger charge is -2.27. The minimum atomic E-state index is 0.0159. The third-order valence-electron chi connectivity index (χ3n) is 5.65.